The fourth-order valence-electron chi connectivity index (χ4n) is 4.26. The lowest BCUT2D eigenvalue weighted by molar-refractivity contribution is -0.119. The monoisotopic (exact) mass is 482 g/mol. The summed E-state index contributed by atoms with van der Waals surface area (Å²) in [5.74, 6) is -0.439. The summed E-state index contributed by atoms with van der Waals surface area (Å²) in [5.41, 5.74) is 3.77. The third-order valence-electron chi connectivity index (χ3n) is 6.18. The first-order valence-electron chi connectivity index (χ1n) is 12.3. The summed E-state index contributed by atoms with van der Waals surface area (Å²) in [6.07, 6.45) is 1.56. The molecule has 0 aliphatic rings. The first-order chi connectivity index (χ1) is 17.5. The molecule has 0 bridgehead atoms. The van der Waals surface area contributed by atoms with E-state index in [0.29, 0.717) is 40.8 Å². The second-order valence-electron chi connectivity index (χ2n) is 8.54. The van der Waals surface area contributed by atoms with Crippen LogP contribution in [-0.2, 0) is 16.0 Å². The van der Waals surface area contributed by atoms with Crippen LogP contribution in [0, 0.1) is 0 Å². The van der Waals surface area contributed by atoms with Gasteiger partial charge in [-0.15, -0.1) is 0 Å². The van der Waals surface area contributed by atoms with E-state index in [0.717, 1.165) is 12.0 Å². The van der Waals surface area contributed by atoms with Crippen molar-refractivity contribution in [2.24, 2.45) is 0 Å². The van der Waals surface area contributed by atoms with Gasteiger partial charge < -0.3 is 10.6 Å². The molecule has 0 radical (unpaired) electrons. The van der Waals surface area contributed by atoms with E-state index in [-0.39, 0.29) is 17.5 Å². The lowest BCUT2D eigenvalue weighted by atomic mass is 10.1. The number of carbonyl (C=O) groups is 2. The van der Waals surface area contributed by atoms with Crippen LogP contribution >= 0.6 is 0 Å². The fraction of sp³-hybridized carbons (Fsp3) is 0.241. The first-order valence-corrected chi connectivity index (χ1v) is 12.3. The predicted octanol–water partition coefficient (Wildman–Crippen LogP) is 5.56. The van der Waals surface area contributed by atoms with Gasteiger partial charge >= 0.3 is 0 Å². The number of rotatable bonds is 8. The van der Waals surface area contributed by atoms with E-state index in [1.54, 1.807) is 37.3 Å². The Labute approximate surface area is 210 Å². The molecule has 1 aromatic heterocycles. The molecule has 36 heavy (non-hydrogen) atoms. The van der Waals surface area contributed by atoms with E-state index in [1.807, 2.05) is 49.4 Å². The SMILES string of the molecule is CCC(=O)Nc1ccccc1-c1nc2ccccc2n([C@H](CC)C(=O)Nc2cccc(CC)c2)c1=O. The highest BCUT2D eigenvalue weighted by Crippen LogP contribution is 2.28. The average molecular weight is 483 g/mol. The van der Waals surface area contributed by atoms with Crippen molar-refractivity contribution in [3.05, 3.63) is 88.7 Å². The van der Waals surface area contributed by atoms with E-state index in [9.17, 15) is 14.4 Å². The number of aryl methyl sites for hydroxylation is 1. The molecule has 0 fully saturated rings. The molecule has 0 aliphatic heterocycles. The predicted molar refractivity (Wildman–Crippen MR) is 144 cm³/mol. The lowest BCUT2D eigenvalue weighted by Crippen LogP contribution is -2.34. The zero-order valence-electron chi connectivity index (χ0n) is 20.7. The molecule has 1 atom stereocenters. The van der Waals surface area contributed by atoms with Crippen molar-refractivity contribution in [3.63, 3.8) is 0 Å². The van der Waals surface area contributed by atoms with Gasteiger partial charge in [0.25, 0.3) is 5.56 Å². The number of carbonyl (C=O) groups excluding carboxylic acids is 2. The molecule has 0 saturated carbocycles. The Hall–Kier alpha value is -4.26. The second-order valence-corrected chi connectivity index (χ2v) is 8.54. The fourth-order valence-corrected chi connectivity index (χ4v) is 4.26. The summed E-state index contributed by atoms with van der Waals surface area (Å²) in [6.45, 7) is 5.70. The van der Waals surface area contributed by atoms with Gasteiger partial charge in [0.15, 0.2) is 0 Å². The van der Waals surface area contributed by atoms with Gasteiger partial charge in [-0.1, -0.05) is 63.2 Å². The summed E-state index contributed by atoms with van der Waals surface area (Å²) in [7, 11) is 0. The molecule has 7 nitrogen and oxygen atoms in total. The molecule has 2 amide bonds. The molecule has 0 aliphatic carbocycles. The number of aromatic nitrogens is 2. The Morgan fingerprint density at radius 2 is 1.67 bits per heavy atom. The maximum Gasteiger partial charge on any atom is 0.278 e. The average Bonchev–Trinajstić information content (AvgIpc) is 2.90. The zero-order chi connectivity index (χ0) is 25.7. The molecule has 7 heteroatoms. The van der Waals surface area contributed by atoms with Crippen LogP contribution in [0.25, 0.3) is 22.3 Å². The summed E-state index contributed by atoms with van der Waals surface area (Å²) in [4.78, 5) is 44.2. The molecule has 184 valence electrons. The summed E-state index contributed by atoms with van der Waals surface area (Å²) < 4.78 is 1.52. The van der Waals surface area contributed by atoms with Crippen molar-refractivity contribution >= 4 is 34.2 Å². The molecule has 4 aromatic rings. The van der Waals surface area contributed by atoms with Gasteiger partial charge in [0.1, 0.15) is 11.7 Å². The summed E-state index contributed by atoms with van der Waals surface area (Å²) in [6, 6.07) is 21.3. The van der Waals surface area contributed by atoms with Crippen molar-refractivity contribution in [1.29, 1.82) is 0 Å². The van der Waals surface area contributed by atoms with Crippen LogP contribution in [-0.4, -0.2) is 21.4 Å². The third-order valence-corrected chi connectivity index (χ3v) is 6.18. The minimum absolute atomic E-state index is 0.163. The van der Waals surface area contributed by atoms with Crippen LogP contribution in [0.15, 0.2) is 77.6 Å². The highest BCUT2D eigenvalue weighted by Gasteiger charge is 2.25. The Kier molecular flexibility index (Phi) is 7.59. The highest BCUT2D eigenvalue weighted by molar-refractivity contribution is 5.96. The molecule has 1 heterocycles. The van der Waals surface area contributed by atoms with Gasteiger partial charge in [0.05, 0.1) is 16.7 Å². The molecule has 4 rings (SSSR count). The number of nitrogens with one attached hydrogen (secondary N) is 2. The normalized spacial score (nSPS) is 11.8. The Bertz CT molecular complexity index is 1480. The molecular formula is C29H30N4O3. The smallest absolute Gasteiger partial charge is 0.278 e. The standard InChI is InChI=1S/C29H30N4O3/c1-4-19-12-11-13-20(18-19)30-28(35)24(5-2)33-25-17-10-9-16-23(25)32-27(29(33)36)21-14-7-8-15-22(21)31-26(34)6-3/h7-18,24H,4-6H2,1-3H3,(H,30,35)(H,31,34)/t24-/m1/s1. The van der Waals surface area contributed by atoms with Crippen LogP contribution in [0.3, 0.4) is 0 Å². The number of para-hydroxylation sites is 3. The number of hydrogen-bond donors (Lipinski definition) is 2. The summed E-state index contributed by atoms with van der Waals surface area (Å²) in [5, 5.41) is 5.84. The third kappa shape index (κ3) is 5.05. The van der Waals surface area contributed by atoms with E-state index >= 15 is 0 Å². The van der Waals surface area contributed by atoms with E-state index in [4.69, 9.17) is 0 Å². The van der Waals surface area contributed by atoms with Crippen LogP contribution in [0.1, 0.15) is 45.2 Å². The Morgan fingerprint density at radius 3 is 2.42 bits per heavy atom. The minimum Gasteiger partial charge on any atom is -0.325 e. The first kappa shape index (κ1) is 24.9. The van der Waals surface area contributed by atoms with Crippen LogP contribution in [0.4, 0.5) is 11.4 Å². The number of fused-ring (bicyclic) bond motifs is 1. The van der Waals surface area contributed by atoms with Gasteiger partial charge in [0, 0.05) is 17.7 Å². The molecule has 0 unspecified atom stereocenters. The number of amides is 2. The van der Waals surface area contributed by atoms with Gasteiger partial charge in [0.2, 0.25) is 11.8 Å². The lowest BCUT2D eigenvalue weighted by Gasteiger charge is -2.21. The molecule has 3 aromatic carbocycles. The maximum absolute atomic E-state index is 14.0. The van der Waals surface area contributed by atoms with Crippen molar-refractivity contribution in [2.45, 2.75) is 46.1 Å². The zero-order valence-corrected chi connectivity index (χ0v) is 20.7. The molecular weight excluding hydrogens is 452 g/mol. The molecule has 0 spiro atoms. The van der Waals surface area contributed by atoms with Crippen LogP contribution in [0.5, 0.6) is 0 Å². The summed E-state index contributed by atoms with van der Waals surface area (Å²) >= 11 is 0. The number of benzene rings is 3. The van der Waals surface area contributed by atoms with Gasteiger partial charge in [-0.05, 0) is 48.7 Å². The Morgan fingerprint density at radius 1 is 0.917 bits per heavy atom. The van der Waals surface area contributed by atoms with Gasteiger partial charge in [-0.3, -0.25) is 19.0 Å². The molecule has 0 saturated heterocycles. The largest absolute Gasteiger partial charge is 0.325 e. The van der Waals surface area contributed by atoms with E-state index < -0.39 is 11.6 Å². The van der Waals surface area contributed by atoms with E-state index in [2.05, 4.69) is 22.5 Å². The topological polar surface area (TPSA) is 93.1 Å². The van der Waals surface area contributed by atoms with Gasteiger partial charge in [-0.25, -0.2) is 4.98 Å². The van der Waals surface area contributed by atoms with E-state index in [1.165, 1.54) is 4.57 Å². The van der Waals surface area contributed by atoms with Gasteiger partial charge in [-0.2, -0.15) is 0 Å². The van der Waals surface area contributed by atoms with Crippen molar-refractivity contribution < 1.29 is 9.59 Å². The number of anilines is 2. The minimum atomic E-state index is -0.758. The maximum atomic E-state index is 14.0. The number of nitrogens with zero attached hydrogens (tertiary/aromatic N) is 2. The second kappa shape index (κ2) is 11.0. The highest BCUT2D eigenvalue weighted by atomic mass is 16.2. The van der Waals surface area contributed by atoms with Crippen molar-refractivity contribution in [2.75, 3.05) is 10.6 Å². The van der Waals surface area contributed by atoms with Crippen LogP contribution in [0.2, 0.25) is 0 Å². The quantitative estimate of drug-likeness (QED) is 0.344. The van der Waals surface area contributed by atoms with Crippen molar-refractivity contribution in [1.82, 2.24) is 9.55 Å². The van der Waals surface area contributed by atoms with Crippen LogP contribution < -0.4 is 16.2 Å². The Balaban J connectivity index is 1.85. The number of hydrogen-bond acceptors (Lipinski definition) is 4. The molecule has 2 N–H and O–H groups in total. The van der Waals surface area contributed by atoms with Crippen molar-refractivity contribution in [3.8, 4) is 11.3 Å².